The van der Waals surface area contributed by atoms with Gasteiger partial charge >= 0.3 is 0 Å². The summed E-state index contributed by atoms with van der Waals surface area (Å²) in [5.41, 5.74) is 0. The lowest BCUT2D eigenvalue weighted by atomic mass is 10.3. The van der Waals surface area contributed by atoms with Crippen LogP contribution in [0.4, 0.5) is 0 Å². The first-order chi connectivity index (χ1) is 8.99. The predicted octanol–water partition coefficient (Wildman–Crippen LogP) is 2.20. The summed E-state index contributed by atoms with van der Waals surface area (Å²) < 4.78 is 26.7. The summed E-state index contributed by atoms with van der Waals surface area (Å²) in [5.74, 6) is 0. The van der Waals surface area contributed by atoms with Gasteiger partial charge in [0.2, 0.25) is 0 Å². The number of rotatable bonds is 12. The van der Waals surface area contributed by atoms with Crippen LogP contribution in [0, 0.1) is 0 Å². The lowest BCUT2D eigenvalue weighted by Crippen LogP contribution is -2.27. The fourth-order valence-corrected chi connectivity index (χ4v) is 1.75. The molecule has 0 aromatic heterocycles. The van der Waals surface area contributed by atoms with Crippen LogP contribution >= 0.6 is 18.9 Å². The Morgan fingerprint density at radius 3 is 1.89 bits per heavy atom. The Morgan fingerprint density at radius 1 is 0.737 bits per heavy atom. The second kappa shape index (κ2) is 12.4. The van der Waals surface area contributed by atoms with Crippen molar-refractivity contribution in [2.45, 2.75) is 52.1 Å². The Bertz CT molecular complexity index is 209. The summed E-state index contributed by atoms with van der Waals surface area (Å²) in [7, 11) is 4.45. The van der Waals surface area contributed by atoms with Gasteiger partial charge in [-0.05, 0) is 27.7 Å². The molecule has 0 aromatic carbocycles. The third kappa shape index (κ3) is 12.1. The molecule has 0 radical (unpaired) electrons. The normalized spacial score (nSPS) is 18.0. The Kier molecular flexibility index (Phi) is 12.8. The number of hydrogen-bond acceptors (Lipinski definition) is 5. The molecule has 5 nitrogen and oxygen atoms in total. The number of hydrogen-bond donors (Lipinski definition) is 0. The molecule has 0 saturated heterocycles. The summed E-state index contributed by atoms with van der Waals surface area (Å²) in [6, 6.07) is 0. The van der Waals surface area contributed by atoms with Gasteiger partial charge in [-0.1, -0.05) is 0 Å². The van der Waals surface area contributed by atoms with Crippen LogP contribution in [0.15, 0.2) is 0 Å². The van der Waals surface area contributed by atoms with Crippen LogP contribution in [-0.2, 0) is 23.3 Å². The molecule has 0 heterocycles. The van der Waals surface area contributed by atoms with E-state index in [2.05, 4.69) is 18.9 Å². The van der Waals surface area contributed by atoms with E-state index < -0.39 is 0 Å². The van der Waals surface area contributed by atoms with Gasteiger partial charge in [0, 0.05) is 18.9 Å². The fraction of sp³-hybridized carbons (Fsp3) is 1.00. The van der Waals surface area contributed by atoms with Gasteiger partial charge in [-0.2, -0.15) is 0 Å². The van der Waals surface area contributed by atoms with Crippen molar-refractivity contribution < 1.29 is 23.3 Å². The van der Waals surface area contributed by atoms with Gasteiger partial charge in [-0.3, -0.25) is 0 Å². The second-order valence-corrected chi connectivity index (χ2v) is 5.32. The second-order valence-electron chi connectivity index (χ2n) is 4.72. The van der Waals surface area contributed by atoms with Crippen LogP contribution in [0.1, 0.15) is 27.7 Å². The Balaban J connectivity index is 3.55. The van der Waals surface area contributed by atoms with Gasteiger partial charge in [-0.25, -0.2) is 0 Å². The largest absolute Gasteiger partial charge is 0.376 e. The van der Waals surface area contributed by atoms with Crippen LogP contribution in [0.25, 0.3) is 0 Å². The topological polar surface area (TPSA) is 46.2 Å². The van der Waals surface area contributed by atoms with Crippen molar-refractivity contribution in [3.63, 3.8) is 0 Å². The van der Waals surface area contributed by atoms with Crippen molar-refractivity contribution in [2.75, 3.05) is 26.4 Å². The van der Waals surface area contributed by atoms with Crippen LogP contribution < -0.4 is 0 Å². The molecule has 0 N–H and O–H groups in total. The van der Waals surface area contributed by atoms with E-state index in [1.165, 1.54) is 0 Å². The minimum atomic E-state index is 0.0386. The molecule has 0 saturated carbocycles. The molecule has 6 unspecified atom stereocenters. The molecule has 6 atom stereocenters. The smallest absolute Gasteiger partial charge is 0.0816 e. The van der Waals surface area contributed by atoms with E-state index in [0.29, 0.717) is 26.4 Å². The first kappa shape index (κ1) is 19.7. The molecule has 19 heavy (non-hydrogen) atoms. The van der Waals surface area contributed by atoms with Crippen molar-refractivity contribution in [3.8, 4) is 0 Å². The Hall–Kier alpha value is 0.660. The zero-order valence-corrected chi connectivity index (χ0v) is 14.6. The Morgan fingerprint density at radius 2 is 1.32 bits per heavy atom. The van der Waals surface area contributed by atoms with E-state index in [9.17, 15) is 0 Å². The zero-order chi connectivity index (χ0) is 14.7. The summed E-state index contributed by atoms with van der Waals surface area (Å²) in [5, 5.41) is 0. The van der Waals surface area contributed by atoms with Gasteiger partial charge in [0.15, 0.2) is 0 Å². The molecule has 0 aliphatic carbocycles. The lowest BCUT2D eigenvalue weighted by molar-refractivity contribution is -0.0769. The van der Waals surface area contributed by atoms with Gasteiger partial charge in [-0.15, -0.1) is 0 Å². The van der Waals surface area contributed by atoms with Crippen molar-refractivity contribution >= 4 is 18.9 Å². The highest BCUT2D eigenvalue weighted by atomic mass is 31.0. The van der Waals surface area contributed by atoms with E-state index in [1.54, 1.807) is 0 Å². The van der Waals surface area contributed by atoms with Crippen LogP contribution in [0.5, 0.6) is 0 Å². The average molecular weight is 314 g/mol. The van der Waals surface area contributed by atoms with Gasteiger partial charge in [0.1, 0.15) is 0 Å². The quantitative estimate of drug-likeness (QED) is 0.517. The van der Waals surface area contributed by atoms with Crippen LogP contribution in [-0.4, -0.2) is 50.8 Å². The first-order valence-electron chi connectivity index (χ1n) is 6.51. The minimum Gasteiger partial charge on any atom is -0.376 e. The highest BCUT2D eigenvalue weighted by molar-refractivity contribution is 7.10. The average Bonchev–Trinajstić information content (AvgIpc) is 2.36. The minimum absolute atomic E-state index is 0.0386. The lowest BCUT2D eigenvalue weighted by Gasteiger charge is -2.20. The highest BCUT2D eigenvalue weighted by Gasteiger charge is 2.10. The van der Waals surface area contributed by atoms with Gasteiger partial charge < -0.3 is 23.3 Å². The van der Waals surface area contributed by atoms with E-state index in [0.717, 1.165) is 0 Å². The summed E-state index contributed by atoms with van der Waals surface area (Å²) in [6.45, 7) is 10.1. The molecular formula is C12H28O5P2. The SMILES string of the molecule is CC(COC(C)COCC(C)OC(C)COP)OP. The fourth-order valence-electron chi connectivity index (χ4n) is 1.40. The van der Waals surface area contributed by atoms with E-state index >= 15 is 0 Å². The first-order valence-corrected chi connectivity index (χ1v) is 7.45. The van der Waals surface area contributed by atoms with Gasteiger partial charge in [0.25, 0.3) is 0 Å². The highest BCUT2D eigenvalue weighted by Crippen LogP contribution is 2.03. The molecule has 0 aliphatic rings. The molecular weight excluding hydrogens is 286 g/mol. The summed E-state index contributed by atoms with van der Waals surface area (Å²) >= 11 is 0. The molecule has 0 fully saturated rings. The molecule has 0 rings (SSSR count). The zero-order valence-electron chi connectivity index (χ0n) is 12.3. The maximum absolute atomic E-state index is 5.66. The predicted molar refractivity (Wildman–Crippen MR) is 82.2 cm³/mol. The third-order valence-corrected chi connectivity index (χ3v) is 3.01. The summed E-state index contributed by atoms with van der Waals surface area (Å²) in [6.07, 6.45) is 0.214. The standard InChI is InChI=1S/C12H28O5P2/c1-9(14-7-12(4)17-19)5-13-6-10(2)16-11(3)8-15-18/h9-12H,5-8,18-19H2,1-4H3. The molecule has 0 aromatic rings. The molecule has 0 spiro atoms. The maximum atomic E-state index is 5.66. The van der Waals surface area contributed by atoms with Crippen LogP contribution in [0.3, 0.4) is 0 Å². The van der Waals surface area contributed by atoms with Crippen LogP contribution in [0.2, 0.25) is 0 Å². The van der Waals surface area contributed by atoms with E-state index in [4.69, 9.17) is 23.3 Å². The number of ether oxygens (including phenoxy) is 3. The van der Waals surface area contributed by atoms with Crippen molar-refractivity contribution in [2.24, 2.45) is 0 Å². The molecule has 0 amide bonds. The van der Waals surface area contributed by atoms with Crippen molar-refractivity contribution in [3.05, 3.63) is 0 Å². The maximum Gasteiger partial charge on any atom is 0.0816 e. The van der Waals surface area contributed by atoms with Crippen molar-refractivity contribution in [1.29, 1.82) is 0 Å². The third-order valence-electron chi connectivity index (χ3n) is 2.35. The molecule has 116 valence electrons. The summed E-state index contributed by atoms with van der Waals surface area (Å²) in [4.78, 5) is 0. The molecule has 0 aliphatic heterocycles. The Labute approximate surface area is 121 Å². The monoisotopic (exact) mass is 314 g/mol. The van der Waals surface area contributed by atoms with E-state index in [-0.39, 0.29) is 24.4 Å². The van der Waals surface area contributed by atoms with Crippen molar-refractivity contribution in [1.82, 2.24) is 0 Å². The molecule has 7 heteroatoms. The van der Waals surface area contributed by atoms with Gasteiger partial charge in [0.05, 0.1) is 50.8 Å². The van der Waals surface area contributed by atoms with E-state index in [1.807, 2.05) is 27.7 Å². The molecule has 0 bridgehead atoms.